The molecule has 1 aromatic heterocycles. The van der Waals surface area contributed by atoms with Crippen molar-refractivity contribution in [2.75, 3.05) is 0 Å². The van der Waals surface area contributed by atoms with Gasteiger partial charge in [-0.2, -0.15) is 0 Å². The van der Waals surface area contributed by atoms with Gasteiger partial charge in [0, 0.05) is 5.69 Å². The first-order chi connectivity index (χ1) is 5.36. The molecule has 0 unspecified atom stereocenters. The minimum absolute atomic E-state index is 0.971. The zero-order chi connectivity index (χ0) is 7.68. The van der Waals surface area contributed by atoms with Crippen LogP contribution in [0.5, 0.6) is 0 Å². The minimum atomic E-state index is 0.971. The van der Waals surface area contributed by atoms with Gasteiger partial charge in [-0.1, -0.05) is 6.07 Å². The molecule has 0 N–H and O–H groups in total. The summed E-state index contributed by atoms with van der Waals surface area (Å²) in [6.45, 7) is 0. The molecule has 0 aromatic carbocycles. The highest BCUT2D eigenvalue weighted by Gasteiger charge is 2.09. The Balaban J connectivity index is 2.43. The Morgan fingerprint density at radius 2 is 2.00 bits per heavy atom. The Morgan fingerprint density at radius 1 is 1.18 bits per heavy atom. The standard InChI is InChI=1S/C9H10BrN/c10-9-6-5-7-3-1-2-4-8(7)11-9/h5-6H,1-4H2. The lowest BCUT2D eigenvalue weighted by Crippen LogP contribution is -2.04. The summed E-state index contributed by atoms with van der Waals surface area (Å²) >= 11 is 3.38. The topological polar surface area (TPSA) is 12.9 Å². The van der Waals surface area contributed by atoms with Crippen LogP contribution in [0.25, 0.3) is 0 Å². The third kappa shape index (κ3) is 1.45. The summed E-state index contributed by atoms with van der Waals surface area (Å²) in [5, 5.41) is 0. The molecule has 0 radical (unpaired) electrons. The Bertz CT molecular complexity index is 270. The van der Waals surface area contributed by atoms with Gasteiger partial charge in [-0.3, -0.25) is 0 Å². The first-order valence-corrected chi connectivity index (χ1v) is 4.80. The van der Waals surface area contributed by atoms with Crippen molar-refractivity contribution in [1.82, 2.24) is 4.98 Å². The molecular formula is C9H10BrN. The summed E-state index contributed by atoms with van der Waals surface area (Å²) in [6.07, 6.45) is 5.01. The van der Waals surface area contributed by atoms with Crippen LogP contribution in [0, 0.1) is 0 Å². The van der Waals surface area contributed by atoms with Gasteiger partial charge in [-0.15, -0.1) is 0 Å². The number of fused-ring (bicyclic) bond motifs is 1. The van der Waals surface area contributed by atoms with Crippen molar-refractivity contribution in [2.24, 2.45) is 0 Å². The van der Waals surface area contributed by atoms with Gasteiger partial charge in [0.1, 0.15) is 4.60 Å². The maximum Gasteiger partial charge on any atom is 0.106 e. The fourth-order valence-corrected chi connectivity index (χ4v) is 1.90. The monoisotopic (exact) mass is 211 g/mol. The summed E-state index contributed by atoms with van der Waals surface area (Å²) in [5.74, 6) is 0. The number of hydrogen-bond donors (Lipinski definition) is 0. The van der Waals surface area contributed by atoms with Gasteiger partial charge in [0.05, 0.1) is 0 Å². The van der Waals surface area contributed by atoms with Gasteiger partial charge in [0.2, 0.25) is 0 Å². The van der Waals surface area contributed by atoms with Crippen LogP contribution in [-0.4, -0.2) is 4.98 Å². The minimum Gasteiger partial charge on any atom is -0.246 e. The summed E-state index contributed by atoms with van der Waals surface area (Å²) in [6, 6.07) is 4.22. The molecule has 2 heteroatoms. The lowest BCUT2D eigenvalue weighted by Gasteiger charge is -2.13. The molecule has 58 valence electrons. The predicted molar refractivity (Wildman–Crippen MR) is 48.6 cm³/mol. The summed E-state index contributed by atoms with van der Waals surface area (Å²) in [7, 11) is 0. The van der Waals surface area contributed by atoms with Crippen molar-refractivity contribution in [3.63, 3.8) is 0 Å². The molecule has 1 nitrogen and oxygen atoms in total. The number of aryl methyl sites for hydroxylation is 2. The number of halogens is 1. The molecule has 0 spiro atoms. The maximum atomic E-state index is 4.43. The van der Waals surface area contributed by atoms with Crippen LogP contribution in [-0.2, 0) is 12.8 Å². The smallest absolute Gasteiger partial charge is 0.106 e. The first kappa shape index (κ1) is 7.29. The van der Waals surface area contributed by atoms with Crippen LogP contribution in [0.3, 0.4) is 0 Å². The Hall–Kier alpha value is -0.370. The molecule has 1 aliphatic carbocycles. The van der Waals surface area contributed by atoms with E-state index in [2.05, 4.69) is 27.0 Å². The number of hydrogen-bond acceptors (Lipinski definition) is 1. The fourth-order valence-electron chi connectivity index (χ4n) is 1.56. The normalized spacial score (nSPS) is 16.1. The van der Waals surface area contributed by atoms with Crippen molar-refractivity contribution >= 4 is 15.9 Å². The Morgan fingerprint density at radius 3 is 2.91 bits per heavy atom. The molecule has 1 aromatic rings. The summed E-state index contributed by atoms with van der Waals surface area (Å²) < 4.78 is 0.971. The molecule has 0 atom stereocenters. The highest BCUT2D eigenvalue weighted by atomic mass is 79.9. The van der Waals surface area contributed by atoms with E-state index >= 15 is 0 Å². The second-order valence-corrected chi connectivity index (χ2v) is 3.76. The number of aromatic nitrogens is 1. The first-order valence-electron chi connectivity index (χ1n) is 4.00. The van der Waals surface area contributed by atoms with Crippen molar-refractivity contribution in [1.29, 1.82) is 0 Å². The third-order valence-electron chi connectivity index (χ3n) is 2.14. The van der Waals surface area contributed by atoms with Crippen molar-refractivity contribution in [3.8, 4) is 0 Å². The molecule has 0 aliphatic heterocycles. The van der Waals surface area contributed by atoms with E-state index in [0.29, 0.717) is 0 Å². The molecule has 11 heavy (non-hydrogen) atoms. The van der Waals surface area contributed by atoms with E-state index in [4.69, 9.17) is 0 Å². The summed E-state index contributed by atoms with van der Waals surface area (Å²) in [4.78, 5) is 4.43. The van der Waals surface area contributed by atoms with E-state index in [1.165, 1.54) is 30.5 Å². The van der Waals surface area contributed by atoms with Gasteiger partial charge >= 0.3 is 0 Å². The fraction of sp³-hybridized carbons (Fsp3) is 0.444. The van der Waals surface area contributed by atoms with Gasteiger partial charge in [-0.05, 0) is 53.2 Å². The average molecular weight is 212 g/mol. The zero-order valence-corrected chi connectivity index (χ0v) is 7.89. The quantitative estimate of drug-likeness (QED) is 0.602. The van der Waals surface area contributed by atoms with E-state index in [-0.39, 0.29) is 0 Å². The lowest BCUT2D eigenvalue weighted by molar-refractivity contribution is 0.666. The van der Waals surface area contributed by atoms with Gasteiger partial charge in [-0.25, -0.2) is 4.98 Å². The SMILES string of the molecule is Brc1ccc2c(n1)CCCC2. The van der Waals surface area contributed by atoms with Crippen LogP contribution >= 0.6 is 15.9 Å². The molecule has 1 aliphatic rings. The van der Waals surface area contributed by atoms with Crippen LogP contribution in [0.1, 0.15) is 24.1 Å². The average Bonchev–Trinajstić information content (AvgIpc) is 2.04. The van der Waals surface area contributed by atoms with Crippen LogP contribution in [0.15, 0.2) is 16.7 Å². The lowest BCUT2D eigenvalue weighted by atomic mass is 9.96. The van der Waals surface area contributed by atoms with Crippen LogP contribution in [0.4, 0.5) is 0 Å². The largest absolute Gasteiger partial charge is 0.246 e. The maximum absolute atomic E-state index is 4.43. The zero-order valence-electron chi connectivity index (χ0n) is 6.31. The number of nitrogens with zero attached hydrogens (tertiary/aromatic N) is 1. The van der Waals surface area contributed by atoms with E-state index < -0.39 is 0 Å². The van der Waals surface area contributed by atoms with E-state index in [1.54, 1.807) is 0 Å². The molecule has 2 rings (SSSR count). The molecule has 0 saturated heterocycles. The molecule has 0 amide bonds. The van der Waals surface area contributed by atoms with Crippen molar-refractivity contribution in [2.45, 2.75) is 25.7 Å². The second-order valence-electron chi connectivity index (χ2n) is 2.95. The predicted octanol–water partition coefficient (Wildman–Crippen LogP) is 2.72. The molecule has 0 saturated carbocycles. The van der Waals surface area contributed by atoms with Crippen LogP contribution in [0.2, 0.25) is 0 Å². The molecule has 1 heterocycles. The van der Waals surface area contributed by atoms with E-state index in [9.17, 15) is 0 Å². The molecule has 0 fully saturated rings. The van der Waals surface area contributed by atoms with Gasteiger partial charge < -0.3 is 0 Å². The highest BCUT2D eigenvalue weighted by Crippen LogP contribution is 2.20. The molecule has 0 bridgehead atoms. The molecular weight excluding hydrogens is 202 g/mol. The van der Waals surface area contributed by atoms with Crippen molar-refractivity contribution in [3.05, 3.63) is 28.0 Å². The van der Waals surface area contributed by atoms with E-state index in [0.717, 1.165) is 11.0 Å². The van der Waals surface area contributed by atoms with Gasteiger partial charge in [0.25, 0.3) is 0 Å². The third-order valence-corrected chi connectivity index (χ3v) is 2.59. The van der Waals surface area contributed by atoms with Gasteiger partial charge in [0.15, 0.2) is 0 Å². The van der Waals surface area contributed by atoms with Crippen molar-refractivity contribution < 1.29 is 0 Å². The number of rotatable bonds is 0. The van der Waals surface area contributed by atoms with E-state index in [1.807, 2.05) is 6.07 Å². The second kappa shape index (κ2) is 2.94. The number of pyridine rings is 1. The Labute approximate surface area is 75.0 Å². The summed E-state index contributed by atoms with van der Waals surface area (Å²) in [5.41, 5.74) is 2.74. The van der Waals surface area contributed by atoms with Crippen LogP contribution < -0.4 is 0 Å². The highest BCUT2D eigenvalue weighted by molar-refractivity contribution is 9.10. The Kier molecular flexibility index (Phi) is 1.95.